The van der Waals surface area contributed by atoms with Crippen molar-refractivity contribution < 1.29 is 33.3 Å². The second-order valence-electron chi connectivity index (χ2n) is 8.17. The van der Waals surface area contributed by atoms with Crippen LogP contribution in [0.2, 0.25) is 0 Å². The highest BCUT2D eigenvalue weighted by molar-refractivity contribution is 8.14. The minimum absolute atomic E-state index is 0.0865. The van der Waals surface area contributed by atoms with E-state index in [0.29, 0.717) is 24.5 Å². The first-order chi connectivity index (χ1) is 19.5. The molecule has 0 spiro atoms. The van der Waals surface area contributed by atoms with Crippen molar-refractivity contribution in [2.75, 3.05) is 26.4 Å². The SMILES string of the molecule is C=CC(=O)OCCCOc1ccc(SC(=O)/C=C/c2ccc(-c3ccc(OCCOC(=O)C=C)cc3)cc2)cc1. The van der Waals surface area contributed by atoms with E-state index < -0.39 is 11.9 Å². The summed E-state index contributed by atoms with van der Waals surface area (Å²) in [5.74, 6) is 0.433. The lowest BCUT2D eigenvalue weighted by molar-refractivity contribution is -0.139. The van der Waals surface area contributed by atoms with Gasteiger partial charge in [0.2, 0.25) is 5.12 Å². The Kier molecular flexibility index (Phi) is 12.3. The number of carbonyl (C=O) groups excluding carboxylic acids is 3. The fourth-order valence-corrected chi connectivity index (χ4v) is 3.93. The third-order valence-corrected chi connectivity index (χ3v) is 6.13. The van der Waals surface area contributed by atoms with Crippen molar-refractivity contribution >= 4 is 34.9 Å². The number of ether oxygens (including phenoxy) is 4. The molecule has 0 amide bonds. The molecule has 0 atom stereocenters. The summed E-state index contributed by atoms with van der Waals surface area (Å²) in [4.78, 5) is 35.3. The molecule has 0 saturated heterocycles. The highest BCUT2D eigenvalue weighted by Crippen LogP contribution is 2.25. The predicted octanol–water partition coefficient (Wildman–Crippen LogP) is 6.29. The van der Waals surface area contributed by atoms with E-state index in [4.69, 9.17) is 18.9 Å². The van der Waals surface area contributed by atoms with Gasteiger partial charge in [0, 0.05) is 23.5 Å². The molecule has 0 radical (unpaired) electrons. The Bertz CT molecular complexity index is 1310. The molecule has 0 N–H and O–H groups in total. The van der Waals surface area contributed by atoms with Crippen LogP contribution in [0.3, 0.4) is 0 Å². The molecule has 0 heterocycles. The van der Waals surface area contributed by atoms with Crippen LogP contribution in [0, 0.1) is 0 Å². The molecular formula is C32H30O7S. The zero-order valence-electron chi connectivity index (χ0n) is 22.0. The zero-order valence-corrected chi connectivity index (χ0v) is 22.8. The summed E-state index contributed by atoms with van der Waals surface area (Å²) >= 11 is 1.13. The molecule has 0 unspecified atom stereocenters. The third-order valence-electron chi connectivity index (χ3n) is 5.28. The maximum atomic E-state index is 12.4. The van der Waals surface area contributed by atoms with Crippen molar-refractivity contribution in [3.8, 4) is 22.6 Å². The Labute approximate surface area is 238 Å². The molecule has 0 saturated carbocycles. The quantitative estimate of drug-likeness (QED) is 0.0931. The van der Waals surface area contributed by atoms with Crippen molar-refractivity contribution in [1.29, 1.82) is 0 Å². The van der Waals surface area contributed by atoms with Crippen molar-refractivity contribution in [1.82, 2.24) is 0 Å². The first-order valence-electron chi connectivity index (χ1n) is 12.5. The summed E-state index contributed by atoms with van der Waals surface area (Å²) in [5, 5.41) is -0.0865. The molecule has 40 heavy (non-hydrogen) atoms. The van der Waals surface area contributed by atoms with E-state index in [1.165, 1.54) is 0 Å². The van der Waals surface area contributed by atoms with Gasteiger partial charge in [-0.2, -0.15) is 0 Å². The number of carbonyl (C=O) groups is 3. The maximum absolute atomic E-state index is 12.4. The van der Waals surface area contributed by atoms with Crippen LogP contribution in [-0.2, 0) is 23.9 Å². The summed E-state index contributed by atoms with van der Waals surface area (Å²) in [6.45, 7) is 7.78. The van der Waals surface area contributed by atoms with Gasteiger partial charge in [-0.25, -0.2) is 9.59 Å². The monoisotopic (exact) mass is 558 g/mol. The average Bonchev–Trinajstić information content (AvgIpc) is 2.99. The highest BCUT2D eigenvalue weighted by Gasteiger charge is 2.04. The van der Waals surface area contributed by atoms with Crippen molar-refractivity contribution in [2.24, 2.45) is 0 Å². The second kappa shape index (κ2) is 16.4. The van der Waals surface area contributed by atoms with E-state index in [-0.39, 0.29) is 24.9 Å². The minimum atomic E-state index is -0.475. The molecule has 0 aliphatic carbocycles. The Hall–Kier alpha value is -4.56. The Morgan fingerprint density at radius 1 is 0.650 bits per heavy atom. The van der Waals surface area contributed by atoms with Crippen LogP contribution in [0.1, 0.15) is 12.0 Å². The molecule has 0 bridgehead atoms. The van der Waals surface area contributed by atoms with Crippen LogP contribution >= 0.6 is 11.8 Å². The molecule has 3 aromatic rings. The molecular weight excluding hydrogens is 528 g/mol. The lowest BCUT2D eigenvalue weighted by Crippen LogP contribution is -2.10. The topological polar surface area (TPSA) is 88.1 Å². The predicted molar refractivity (Wildman–Crippen MR) is 156 cm³/mol. The lowest BCUT2D eigenvalue weighted by Gasteiger charge is -2.08. The van der Waals surface area contributed by atoms with Crippen LogP contribution in [-0.4, -0.2) is 43.5 Å². The smallest absolute Gasteiger partial charge is 0.330 e. The van der Waals surface area contributed by atoms with E-state index in [9.17, 15) is 14.4 Å². The van der Waals surface area contributed by atoms with Crippen molar-refractivity contribution in [3.05, 3.63) is 110 Å². The fraction of sp³-hybridized carbons (Fsp3) is 0.156. The number of esters is 2. The molecule has 0 aliphatic heterocycles. The molecule has 206 valence electrons. The van der Waals surface area contributed by atoms with Gasteiger partial charge in [0.05, 0.1) is 13.2 Å². The Morgan fingerprint density at radius 2 is 1.18 bits per heavy atom. The molecule has 7 nitrogen and oxygen atoms in total. The normalized spacial score (nSPS) is 10.5. The second-order valence-corrected chi connectivity index (χ2v) is 9.24. The van der Waals surface area contributed by atoms with Crippen LogP contribution in [0.4, 0.5) is 0 Å². The molecule has 8 heteroatoms. The Balaban J connectivity index is 1.41. The largest absolute Gasteiger partial charge is 0.493 e. The van der Waals surface area contributed by atoms with Gasteiger partial charge in [0.15, 0.2) is 0 Å². The standard InChI is InChI=1S/C32H30O7S/c1-3-30(33)38-21-5-20-36-28-15-17-29(18-16-28)40-32(35)19-8-24-6-9-25(10-7-24)26-11-13-27(14-12-26)37-22-23-39-31(34)4-2/h3-4,6-19H,1-2,5,20-23H2/b19-8+. The maximum Gasteiger partial charge on any atom is 0.330 e. The number of hydrogen-bond donors (Lipinski definition) is 0. The molecule has 0 fully saturated rings. The summed E-state index contributed by atoms with van der Waals surface area (Å²) < 4.78 is 21.0. The van der Waals surface area contributed by atoms with Crippen molar-refractivity contribution in [3.63, 3.8) is 0 Å². The van der Waals surface area contributed by atoms with Gasteiger partial charge in [-0.05, 0) is 70.9 Å². The van der Waals surface area contributed by atoms with Gasteiger partial charge in [-0.3, -0.25) is 4.79 Å². The number of hydrogen-bond acceptors (Lipinski definition) is 8. The number of thioether (sulfide) groups is 1. The van der Waals surface area contributed by atoms with Crippen molar-refractivity contribution in [2.45, 2.75) is 11.3 Å². The first-order valence-corrected chi connectivity index (χ1v) is 13.3. The summed E-state index contributed by atoms with van der Waals surface area (Å²) in [6.07, 6.45) is 6.14. The number of benzene rings is 3. The van der Waals surface area contributed by atoms with Crippen LogP contribution in [0.15, 0.2) is 109 Å². The minimum Gasteiger partial charge on any atom is -0.493 e. The van der Waals surface area contributed by atoms with Crippen LogP contribution < -0.4 is 9.47 Å². The molecule has 0 aromatic heterocycles. The van der Waals surface area contributed by atoms with Gasteiger partial charge >= 0.3 is 11.9 Å². The van der Waals surface area contributed by atoms with Gasteiger partial charge in [0.1, 0.15) is 24.7 Å². The third kappa shape index (κ3) is 10.7. The van der Waals surface area contributed by atoms with Crippen LogP contribution in [0.25, 0.3) is 17.2 Å². The van der Waals surface area contributed by atoms with Gasteiger partial charge in [-0.15, -0.1) is 0 Å². The van der Waals surface area contributed by atoms with Gasteiger partial charge < -0.3 is 18.9 Å². The van der Waals surface area contributed by atoms with Crippen LogP contribution in [0.5, 0.6) is 11.5 Å². The molecule has 3 rings (SSSR count). The summed E-state index contributed by atoms with van der Waals surface area (Å²) in [6, 6.07) is 22.8. The van der Waals surface area contributed by atoms with E-state index in [1.807, 2.05) is 60.7 Å². The summed E-state index contributed by atoms with van der Waals surface area (Å²) in [7, 11) is 0. The Morgan fingerprint density at radius 3 is 1.77 bits per heavy atom. The van der Waals surface area contributed by atoms with Gasteiger partial charge in [-0.1, -0.05) is 55.6 Å². The van der Waals surface area contributed by atoms with Gasteiger partial charge in [0.25, 0.3) is 0 Å². The van der Waals surface area contributed by atoms with E-state index >= 15 is 0 Å². The van der Waals surface area contributed by atoms with E-state index in [1.54, 1.807) is 24.3 Å². The first kappa shape index (κ1) is 30.0. The summed E-state index contributed by atoms with van der Waals surface area (Å²) in [5.41, 5.74) is 2.97. The highest BCUT2D eigenvalue weighted by atomic mass is 32.2. The van der Waals surface area contributed by atoms with E-state index in [0.717, 1.165) is 45.5 Å². The number of rotatable bonds is 15. The zero-order chi connectivity index (χ0) is 28.6. The molecule has 0 aliphatic rings. The van der Waals surface area contributed by atoms with E-state index in [2.05, 4.69) is 13.2 Å². The fourth-order valence-electron chi connectivity index (χ4n) is 3.29. The average molecular weight is 559 g/mol. The molecule has 3 aromatic carbocycles. The lowest BCUT2D eigenvalue weighted by atomic mass is 10.0.